The first-order chi connectivity index (χ1) is 9.11. The fourth-order valence-electron chi connectivity index (χ4n) is 1.74. The zero-order valence-electron chi connectivity index (χ0n) is 12.4. The van der Waals surface area contributed by atoms with Crippen LogP contribution in [0.15, 0.2) is 24.3 Å². The van der Waals surface area contributed by atoms with E-state index in [0.717, 1.165) is 18.7 Å². The van der Waals surface area contributed by atoms with Gasteiger partial charge in [0.25, 0.3) is 0 Å². The van der Waals surface area contributed by atoms with Crippen molar-refractivity contribution in [2.45, 2.75) is 32.7 Å². The molecule has 0 aliphatic heterocycles. The summed E-state index contributed by atoms with van der Waals surface area (Å²) in [7, 11) is 1.89. The van der Waals surface area contributed by atoms with E-state index >= 15 is 0 Å². The molecule has 0 aliphatic carbocycles. The number of hydrogen-bond acceptors (Lipinski definition) is 3. The van der Waals surface area contributed by atoms with Crippen molar-refractivity contribution in [1.29, 1.82) is 0 Å². The van der Waals surface area contributed by atoms with Crippen LogP contribution >= 0.6 is 12.4 Å². The van der Waals surface area contributed by atoms with Crippen LogP contribution in [0.5, 0.6) is 5.75 Å². The molecule has 0 fully saturated rings. The zero-order valence-corrected chi connectivity index (χ0v) is 13.3. The van der Waals surface area contributed by atoms with Crippen molar-refractivity contribution in [2.75, 3.05) is 20.2 Å². The second-order valence-electron chi connectivity index (χ2n) is 4.80. The molecule has 4 nitrogen and oxygen atoms in total. The summed E-state index contributed by atoms with van der Waals surface area (Å²) in [6, 6.07) is 7.92. The number of rotatable bonds is 8. The van der Waals surface area contributed by atoms with Crippen molar-refractivity contribution in [3.8, 4) is 5.75 Å². The van der Waals surface area contributed by atoms with Gasteiger partial charge in [-0.3, -0.25) is 4.79 Å². The summed E-state index contributed by atoms with van der Waals surface area (Å²) in [5, 5.41) is 5.96. The summed E-state index contributed by atoms with van der Waals surface area (Å²) in [6.45, 7) is 5.33. The average Bonchev–Trinajstić information content (AvgIpc) is 2.37. The monoisotopic (exact) mass is 300 g/mol. The first-order valence-electron chi connectivity index (χ1n) is 6.75. The van der Waals surface area contributed by atoms with Gasteiger partial charge in [0, 0.05) is 6.42 Å². The molecule has 0 heterocycles. The maximum absolute atomic E-state index is 11.6. The molecule has 114 valence electrons. The number of carbonyl (C=O) groups excluding carboxylic acids is 1. The van der Waals surface area contributed by atoms with E-state index in [-0.39, 0.29) is 24.4 Å². The van der Waals surface area contributed by atoms with Gasteiger partial charge in [0.1, 0.15) is 12.4 Å². The first-order valence-corrected chi connectivity index (χ1v) is 6.75. The molecule has 1 atom stereocenters. The lowest BCUT2D eigenvalue weighted by Crippen LogP contribution is -2.36. The summed E-state index contributed by atoms with van der Waals surface area (Å²) >= 11 is 0. The van der Waals surface area contributed by atoms with Crippen molar-refractivity contribution in [3.05, 3.63) is 29.8 Å². The second kappa shape index (κ2) is 10.5. The van der Waals surface area contributed by atoms with E-state index in [1.165, 1.54) is 5.56 Å². The fourth-order valence-corrected chi connectivity index (χ4v) is 1.74. The zero-order chi connectivity index (χ0) is 14.1. The topological polar surface area (TPSA) is 50.4 Å². The third-order valence-corrected chi connectivity index (χ3v) is 2.73. The van der Waals surface area contributed by atoms with Gasteiger partial charge in [-0.15, -0.1) is 12.4 Å². The molecular formula is C15H25ClN2O2. The second-order valence-corrected chi connectivity index (χ2v) is 4.80. The first kappa shape index (κ1) is 18.7. The maximum Gasteiger partial charge on any atom is 0.220 e. The van der Waals surface area contributed by atoms with E-state index < -0.39 is 0 Å². The van der Waals surface area contributed by atoms with Gasteiger partial charge in [0.05, 0.1) is 6.04 Å². The summed E-state index contributed by atoms with van der Waals surface area (Å²) in [4.78, 5) is 11.6. The Balaban J connectivity index is 0.00000361. The Bertz CT molecular complexity index is 399. The Kier molecular flexibility index (Phi) is 9.86. The molecule has 20 heavy (non-hydrogen) atoms. The van der Waals surface area contributed by atoms with Crippen LogP contribution in [-0.4, -0.2) is 32.1 Å². The van der Waals surface area contributed by atoms with Gasteiger partial charge in [-0.25, -0.2) is 0 Å². The molecular weight excluding hydrogens is 276 g/mol. The minimum atomic E-state index is 0. The molecule has 0 aliphatic rings. The minimum Gasteiger partial charge on any atom is -0.491 e. The van der Waals surface area contributed by atoms with Gasteiger partial charge in [0.2, 0.25) is 5.91 Å². The average molecular weight is 301 g/mol. The highest BCUT2D eigenvalue weighted by atomic mass is 35.5. The number of aryl methyl sites for hydroxylation is 1. The Morgan fingerprint density at radius 2 is 2.15 bits per heavy atom. The van der Waals surface area contributed by atoms with Crippen LogP contribution in [0.25, 0.3) is 0 Å². The maximum atomic E-state index is 11.6. The molecule has 0 radical (unpaired) electrons. The highest BCUT2D eigenvalue weighted by Gasteiger charge is 2.07. The third kappa shape index (κ3) is 8.02. The van der Waals surface area contributed by atoms with Crippen LogP contribution in [0.4, 0.5) is 0 Å². The van der Waals surface area contributed by atoms with Gasteiger partial charge in [-0.2, -0.15) is 0 Å². The van der Waals surface area contributed by atoms with E-state index in [4.69, 9.17) is 4.74 Å². The number of benzene rings is 1. The lowest BCUT2D eigenvalue weighted by molar-refractivity contribution is -0.121. The van der Waals surface area contributed by atoms with Crippen LogP contribution in [0.1, 0.15) is 25.3 Å². The van der Waals surface area contributed by atoms with Crippen LogP contribution in [0.3, 0.4) is 0 Å². The summed E-state index contributed by atoms with van der Waals surface area (Å²) in [5.74, 6) is 0.923. The minimum absolute atomic E-state index is 0. The predicted octanol–water partition coefficient (Wildman–Crippen LogP) is 2.30. The van der Waals surface area contributed by atoms with Gasteiger partial charge in [-0.05, 0) is 51.6 Å². The van der Waals surface area contributed by atoms with E-state index in [2.05, 4.69) is 10.6 Å². The molecule has 5 heteroatoms. The molecule has 1 aromatic carbocycles. The number of hydrogen-bond donors (Lipinski definition) is 2. The molecule has 0 aromatic heterocycles. The number of carbonyl (C=O) groups is 1. The number of ether oxygens (including phenoxy) is 1. The standard InChI is InChI=1S/C15H24N2O2.ClH/c1-12-6-4-7-14(10-12)19-11-13(2)17-15(18)8-5-9-16-3;/h4,6-7,10,13,16H,5,8-9,11H2,1-3H3,(H,17,18);1H. The Morgan fingerprint density at radius 1 is 1.40 bits per heavy atom. The van der Waals surface area contributed by atoms with E-state index in [0.29, 0.717) is 13.0 Å². The van der Waals surface area contributed by atoms with Crippen LogP contribution in [0.2, 0.25) is 0 Å². The molecule has 1 aromatic rings. The molecule has 0 bridgehead atoms. The lowest BCUT2D eigenvalue weighted by atomic mass is 10.2. The largest absolute Gasteiger partial charge is 0.491 e. The van der Waals surface area contributed by atoms with Crippen LogP contribution in [0, 0.1) is 6.92 Å². The molecule has 0 saturated carbocycles. The molecule has 0 spiro atoms. The number of amides is 1. The Hall–Kier alpha value is -1.26. The Morgan fingerprint density at radius 3 is 2.80 bits per heavy atom. The highest BCUT2D eigenvalue weighted by molar-refractivity contribution is 5.85. The smallest absolute Gasteiger partial charge is 0.220 e. The fraction of sp³-hybridized carbons (Fsp3) is 0.533. The molecule has 1 rings (SSSR count). The van der Waals surface area contributed by atoms with E-state index in [1.54, 1.807) is 0 Å². The van der Waals surface area contributed by atoms with Gasteiger partial charge in [-0.1, -0.05) is 12.1 Å². The van der Waals surface area contributed by atoms with Crippen molar-refractivity contribution in [3.63, 3.8) is 0 Å². The molecule has 1 amide bonds. The van der Waals surface area contributed by atoms with Gasteiger partial charge >= 0.3 is 0 Å². The summed E-state index contributed by atoms with van der Waals surface area (Å²) in [5.41, 5.74) is 1.17. The van der Waals surface area contributed by atoms with Crippen LogP contribution < -0.4 is 15.4 Å². The SMILES string of the molecule is CNCCCC(=O)NC(C)COc1cccc(C)c1.Cl. The van der Waals surface area contributed by atoms with Crippen molar-refractivity contribution in [1.82, 2.24) is 10.6 Å². The normalized spacial score (nSPS) is 11.3. The third-order valence-electron chi connectivity index (χ3n) is 2.73. The van der Waals surface area contributed by atoms with Gasteiger partial charge in [0.15, 0.2) is 0 Å². The van der Waals surface area contributed by atoms with E-state index in [1.807, 2.05) is 45.2 Å². The van der Waals surface area contributed by atoms with E-state index in [9.17, 15) is 4.79 Å². The van der Waals surface area contributed by atoms with Crippen molar-refractivity contribution in [2.24, 2.45) is 0 Å². The summed E-state index contributed by atoms with van der Waals surface area (Å²) in [6.07, 6.45) is 1.41. The highest BCUT2D eigenvalue weighted by Crippen LogP contribution is 2.12. The van der Waals surface area contributed by atoms with Crippen LogP contribution in [-0.2, 0) is 4.79 Å². The van der Waals surface area contributed by atoms with Crippen molar-refractivity contribution >= 4 is 18.3 Å². The molecule has 2 N–H and O–H groups in total. The summed E-state index contributed by atoms with van der Waals surface area (Å²) < 4.78 is 5.65. The Labute approximate surface area is 127 Å². The number of halogens is 1. The lowest BCUT2D eigenvalue weighted by Gasteiger charge is -2.15. The van der Waals surface area contributed by atoms with Gasteiger partial charge < -0.3 is 15.4 Å². The number of nitrogens with one attached hydrogen (secondary N) is 2. The van der Waals surface area contributed by atoms with Crippen molar-refractivity contribution < 1.29 is 9.53 Å². The predicted molar refractivity (Wildman–Crippen MR) is 84.7 cm³/mol. The molecule has 1 unspecified atom stereocenters. The molecule has 0 saturated heterocycles. The quantitative estimate of drug-likeness (QED) is 0.724.